The Morgan fingerprint density at radius 3 is 2.88 bits per heavy atom. The van der Waals surface area contributed by atoms with E-state index in [4.69, 9.17) is 14.2 Å². The quantitative estimate of drug-likeness (QED) is 0.839. The van der Waals surface area contributed by atoms with Gasteiger partial charge >= 0.3 is 0 Å². The molecule has 1 fully saturated rings. The van der Waals surface area contributed by atoms with E-state index in [-0.39, 0.29) is 5.60 Å². The Morgan fingerprint density at radius 2 is 2.00 bits per heavy atom. The summed E-state index contributed by atoms with van der Waals surface area (Å²) in [5.41, 5.74) is 3.22. The standard InChI is InChI=1S/C18H19N3O3/c1-12-19-7-14-15(20-12)9-24-18(14)10-21(11-18)8-13-2-3-16-17(6-13)23-5-4-22-16/h2-3,6-7H,4-5,8-11H2,1H3. The lowest BCUT2D eigenvalue weighted by Gasteiger charge is -2.47. The second-order valence-corrected chi connectivity index (χ2v) is 6.68. The van der Waals surface area contributed by atoms with Crippen molar-refractivity contribution in [2.75, 3.05) is 26.3 Å². The number of aromatic nitrogens is 2. The Kier molecular flexibility index (Phi) is 3.05. The molecule has 6 nitrogen and oxygen atoms in total. The number of hydrogen-bond acceptors (Lipinski definition) is 6. The van der Waals surface area contributed by atoms with E-state index in [1.807, 2.05) is 19.2 Å². The highest BCUT2D eigenvalue weighted by Gasteiger charge is 2.50. The molecule has 0 atom stereocenters. The summed E-state index contributed by atoms with van der Waals surface area (Å²) in [6.45, 7) is 6.38. The topological polar surface area (TPSA) is 56.7 Å². The van der Waals surface area contributed by atoms with Gasteiger partial charge in [0.1, 0.15) is 24.6 Å². The molecule has 2 aromatic rings. The number of likely N-dealkylation sites (tertiary alicyclic amines) is 1. The van der Waals surface area contributed by atoms with E-state index in [0.717, 1.165) is 48.2 Å². The van der Waals surface area contributed by atoms with Crippen molar-refractivity contribution < 1.29 is 14.2 Å². The Morgan fingerprint density at radius 1 is 1.17 bits per heavy atom. The van der Waals surface area contributed by atoms with Gasteiger partial charge in [-0.15, -0.1) is 0 Å². The first-order chi connectivity index (χ1) is 11.7. The molecule has 4 heterocycles. The van der Waals surface area contributed by atoms with Crippen molar-refractivity contribution in [2.45, 2.75) is 25.7 Å². The molecule has 1 saturated heterocycles. The molecule has 0 unspecified atom stereocenters. The third kappa shape index (κ3) is 2.17. The van der Waals surface area contributed by atoms with E-state index in [0.29, 0.717) is 19.8 Å². The molecule has 3 aliphatic heterocycles. The van der Waals surface area contributed by atoms with E-state index >= 15 is 0 Å². The van der Waals surface area contributed by atoms with Crippen molar-refractivity contribution in [1.29, 1.82) is 0 Å². The Labute approximate surface area is 140 Å². The van der Waals surface area contributed by atoms with Gasteiger partial charge in [-0.1, -0.05) is 6.07 Å². The smallest absolute Gasteiger partial charge is 0.161 e. The van der Waals surface area contributed by atoms with E-state index in [1.165, 1.54) is 5.56 Å². The average Bonchev–Trinajstić information content (AvgIpc) is 2.93. The zero-order valence-corrected chi connectivity index (χ0v) is 13.6. The van der Waals surface area contributed by atoms with Gasteiger partial charge in [0.15, 0.2) is 11.5 Å². The lowest BCUT2D eigenvalue weighted by Crippen LogP contribution is -2.58. The molecule has 5 rings (SSSR count). The third-order valence-electron chi connectivity index (χ3n) is 4.93. The summed E-state index contributed by atoms with van der Waals surface area (Å²) in [6.07, 6.45) is 1.94. The van der Waals surface area contributed by atoms with Crippen LogP contribution in [-0.4, -0.2) is 41.2 Å². The first-order valence-electron chi connectivity index (χ1n) is 8.30. The van der Waals surface area contributed by atoms with Crippen LogP contribution in [0.25, 0.3) is 0 Å². The second-order valence-electron chi connectivity index (χ2n) is 6.68. The second kappa shape index (κ2) is 5.16. The van der Waals surface area contributed by atoms with Crippen LogP contribution in [-0.2, 0) is 23.5 Å². The summed E-state index contributed by atoms with van der Waals surface area (Å²) >= 11 is 0. The van der Waals surface area contributed by atoms with Crippen LogP contribution in [0.4, 0.5) is 0 Å². The summed E-state index contributed by atoms with van der Waals surface area (Å²) in [5, 5.41) is 0. The SMILES string of the molecule is Cc1ncc2c(n1)COC21CN(Cc2ccc3c(c2)OCCO3)C1. The predicted molar refractivity (Wildman–Crippen MR) is 85.9 cm³/mol. The van der Waals surface area contributed by atoms with Crippen LogP contribution in [0.3, 0.4) is 0 Å². The van der Waals surface area contributed by atoms with Gasteiger partial charge < -0.3 is 14.2 Å². The molecule has 6 heteroatoms. The maximum absolute atomic E-state index is 6.07. The lowest BCUT2D eigenvalue weighted by atomic mass is 9.87. The molecule has 0 aliphatic carbocycles. The molecule has 3 aliphatic rings. The minimum absolute atomic E-state index is 0.211. The van der Waals surface area contributed by atoms with Crippen LogP contribution in [0.5, 0.6) is 11.5 Å². The first kappa shape index (κ1) is 14.2. The van der Waals surface area contributed by atoms with Gasteiger partial charge in [0.05, 0.1) is 12.3 Å². The fourth-order valence-electron chi connectivity index (χ4n) is 3.79. The largest absolute Gasteiger partial charge is 0.486 e. The number of fused-ring (bicyclic) bond motifs is 3. The number of nitrogens with zero attached hydrogens (tertiary/aromatic N) is 3. The molecule has 0 bridgehead atoms. The summed E-state index contributed by atoms with van der Waals surface area (Å²) in [6, 6.07) is 6.18. The van der Waals surface area contributed by atoms with Crippen molar-refractivity contribution in [3.05, 3.63) is 47.0 Å². The summed E-state index contributed by atoms with van der Waals surface area (Å²) in [4.78, 5) is 11.2. The summed E-state index contributed by atoms with van der Waals surface area (Å²) in [7, 11) is 0. The number of hydrogen-bond donors (Lipinski definition) is 0. The third-order valence-corrected chi connectivity index (χ3v) is 4.93. The molecule has 1 aromatic heterocycles. The fourth-order valence-corrected chi connectivity index (χ4v) is 3.79. The molecule has 1 spiro atoms. The van der Waals surface area contributed by atoms with Crippen molar-refractivity contribution in [2.24, 2.45) is 0 Å². The summed E-state index contributed by atoms with van der Waals surface area (Å²) in [5.74, 6) is 2.49. The van der Waals surface area contributed by atoms with E-state index < -0.39 is 0 Å². The van der Waals surface area contributed by atoms with E-state index in [2.05, 4.69) is 27.0 Å². The molecular formula is C18H19N3O3. The molecule has 1 aromatic carbocycles. The van der Waals surface area contributed by atoms with Gasteiger partial charge in [0.25, 0.3) is 0 Å². The average molecular weight is 325 g/mol. The Hall–Kier alpha value is -2.18. The summed E-state index contributed by atoms with van der Waals surface area (Å²) < 4.78 is 17.3. The Balaban J connectivity index is 1.30. The van der Waals surface area contributed by atoms with Crippen LogP contribution in [0.1, 0.15) is 22.6 Å². The number of benzene rings is 1. The maximum Gasteiger partial charge on any atom is 0.161 e. The highest BCUT2D eigenvalue weighted by Crippen LogP contribution is 2.43. The van der Waals surface area contributed by atoms with Crippen LogP contribution < -0.4 is 9.47 Å². The maximum atomic E-state index is 6.07. The molecule has 24 heavy (non-hydrogen) atoms. The minimum Gasteiger partial charge on any atom is -0.486 e. The molecule has 0 radical (unpaired) electrons. The van der Waals surface area contributed by atoms with Gasteiger partial charge in [0, 0.05) is 31.4 Å². The number of aryl methyl sites for hydroxylation is 1. The molecule has 0 amide bonds. The van der Waals surface area contributed by atoms with Gasteiger partial charge in [0.2, 0.25) is 0 Å². The molecule has 0 N–H and O–H groups in total. The highest BCUT2D eigenvalue weighted by atomic mass is 16.6. The van der Waals surface area contributed by atoms with Crippen LogP contribution in [0.15, 0.2) is 24.4 Å². The Bertz CT molecular complexity index is 802. The fraction of sp³-hybridized carbons (Fsp3) is 0.444. The van der Waals surface area contributed by atoms with Crippen molar-refractivity contribution in [3.63, 3.8) is 0 Å². The van der Waals surface area contributed by atoms with Gasteiger partial charge in [-0.2, -0.15) is 0 Å². The highest BCUT2D eigenvalue weighted by molar-refractivity contribution is 5.44. The van der Waals surface area contributed by atoms with Crippen LogP contribution in [0.2, 0.25) is 0 Å². The van der Waals surface area contributed by atoms with Gasteiger partial charge in [-0.05, 0) is 24.6 Å². The van der Waals surface area contributed by atoms with Crippen LogP contribution >= 0.6 is 0 Å². The zero-order chi connectivity index (χ0) is 16.1. The predicted octanol–water partition coefficient (Wildman–Crippen LogP) is 1.80. The normalized spacial score (nSPS) is 20.7. The number of ether oxygens (including phenoxy) is 3. The van der Waals surface area contributed by atoms with Gasteiger partial charge in [-0.25, -0.2) is 9.97 Å². The molecular weight excluding hydrogens is 306 g/mol. The van der Waals surface area contributed by atoms with Crippen molar-refractivity contribution in [3.8, 4) is 11.5 Å². The number of rotatable bonds is 2. The van der Waals surface area contributed by atoms with E-state index in [1.54, 1.807) is 0 Å². The lowest BCUT2D eigenvalue weighted by molar-refractivity contribution is -0.145. The van der Waals surface area contributed by atoms with Gasteiger partial charge in [-0.3, -0.25) is 4.90 Å². The van der Waals surface area contributed by atoms with Crippen LogP contribution in [0, 0.1) is 6.92 Å². The zero-order valence-electron chi connectivity index (χ0n) is 13.6. The van der Waals surface area contributed by atoms with E-state index in [9.17, 15) is 0 Å². The van der Waals surface area contributed by atoms with Crippen molar-refractivity contribution in [1.82, 2.24) is 14.9 Å². The monoisotopic (exact) mass is 325 g/mol. The first-order valence-corrected chi connectivity index (χ1v) is 8.30. The molecule has 0 saturated carbocycles. The molecule has 124 valence electrons. The minimum atomic E-state index is -0.211. The van der Waals surface area contributed by atoms with Crippen molar-refractivity contribution >= 4 is 0 Å².